The molecule has 25 heavy (non-hydrogen) atoms. The minimum Gasteiger partial charge on any atom is -0.337 e. The number of hydrogen-bond donors (Lipinski definition) is 0. The van der Waals surface area contributed by atoms with Gasteiger partial charge in [-0.3, -0.25) is 4.79 Å². The second kappa shape index (κ2) is 8.09. The van der Waals surface area contributed by atoms with Crippen molar-refractivity contribution in [1.82, 2.24) is 15.0 Å². The molecule has 0 spiro atoms. The highest BCUT2D eigenvalue weighted by molar-refractivity contribution is 7.13. The molecule has 1 aromatic carbocycles. The Morgan fingerprint density at radius 3 is 2.80 bits per heavy atom. The van der Waals surface area contributed by atoms with Crippen LogP contribution >= 0.6 is 22.9 Å². The molecule has 0 N–H and O–H groups in total. The van der Waals surface area contributed by atoms with E-state index >= 15 is 0 Å². The second-order valence-electron chi connectivity index (χ2n) is 5.23. The van der Waals surface area contributed by atoms with Crippen LogP contribution in [0.3, 0.4) is 0 Å². The van der Waals surface area contributed by atoms with Crippen molar-refractivity contribution in [3.05, 3.63) is 64.3 Å². The molecule has 0 fully saturated rings. The molecule has 0 saturated heterocycles. The third-order valence-corrected chi connectivity index (χ3v) is 4.64. The van der Waals surface area contributed by atoms with Crippen LogP contribution in [0.15, 0.2) is 52.4 Å². The Morgan fingerprint density at radius 2 is 2.12 bits per heavy atom. The molecule has 0 bridgehead atoms. The topological polar surface area (TPSA) is 59.2 Å². The summed E-state index contributed by atoms with van der Waals surface area (Å²) in [7, 11) is 0. The molecular weight excluding hydrogens is 358 g/mol. The summed E-state index contributed by atoms with van der Waals surface area (Å²) >= 11 is 7.40. The molecule has 5 nitrogen and oxygen atoms in total. The smallest absolute Gasteiger partial charge is 0.247 e. The molecule has 3 rings (SSSR count). The largest absolute Gasteiger partial charge is 0.337 e. The predicted octanol–water partition coefficient (Wildman–Crippen LogP) is 4.51. The molecule has 128 valence electrons. The van der Waals surface area contributed by atoms with Gasteiger partial charge in [0.25, 0.3) is 0 Å². The summed E-state index contributed by atoms with van der Waals surface area (Å²) in [5.74, 6) is 0.844. The molecule has 0 radical (unpaired) electrons. The van der Waals surface area contributed by atoms with Crippen molar-refractivity contribution in [3.8, 4) is 10.7 Å². The van der Waals surface area contributed by atoms with Crippen molar-refractivity contribution in [1.29, 1.82) is 0 Å². The molecule has 3 aromatic rings. The first-order chi connectivity index (χ1) is 12.2. The Kier molecular flexibility index (Phi) is 5.63. The summed E-state index contributed by atoms with van der Waals surface area (Å²) in [6.07, 6.45) is 3.29. The number of carbonyl (C=O) groups is 1. The maximum Gasteiger partial charge on any atom is 0.247 e. The molecule has 2 aromatic heterocycles. The Balaban J connectivity index is 1.65. The minimum absolute atomic E-state index is 0.117. The number of rotatable bonds is 6. The van der Waals surface area contributed by atoms with E-state index in [1.54, 1.807) is 34.4 Å². The highest BCUT2D eigenvalue weighted by Gasteiger charge is 2.15. The molecule has 0 aliphatic rings. The lowest BCUT2D eigenvalue weighted by molar-refractivity contribution is -0.126. The minimum atomic E-state index is -0.117. The van der Waals surface area contributed by atoms with Crippen molar-refractivity contribution in [2.45, 2.75) is 13.5 Å². The summed E-state index contributed by atoms with van der Waals surface area (Å²) in [6, 6.07) is 11.1. The highest BCUT2D eigenvalue weighted by Crippen LogP contribution is 2.21. The van der Waals surface area contributed by atoms with Crippen LogP contribution in [0.2, 0.25) is 5.02 Å². The van der Waals surface area contributed by atoms with E-state index in [-0.39, 0.29) is 12.5 Å². The third kappa shape index (κ3) is 4.55. The monoisotopic (exact) mass is 373 g/mol. The van der Waals surface area contributed by atoms with Gasteiger partial charge in [-0.2, -0.15) is 4.98 Å². The van der Waals surface area contributed by atoms with Crippen LogP contribution in [0, 0.1) is 0 Å². The van der Waals surface area contributed by atoms with Crippen LogP contribution in [0.5, 0.6) is 0 Å². The third-order valence-electron chi connectivity index (χ3n) is 3.52. The fourth-order valence-electron chi connectivity index (χ4n) is 2.18. The van der Waals surface area contributed by atoms with Crippen LogP contribution < -0.4 is 0 Å². The molecule has 0 saturated carbocycles. The Morgan fingerprint density at radius 1 is 1.32 bits per heavy atom. The van der Waals surface area contributed by atoms with Gasteiger partial charge >= 0.3 is 0 Å². The molecule has 0 aliphatic heterocycles. The fourth-order valence-corrected chi connectivity index (χ4v) is 2.96. The summed E-state index contributed by atoms with van der Waals surface area (Å²) < 4.78 is 5.26. The van der Waals surface area contributed by atoms with Crippen LogP contribution in [0.25, 0.3) is 16.8 Å². The van der Waals surface area contributed by atoms with Gasteiger partial charge in [-0.25, -0.2) is 0 Å². The van der Waals surface area contributed by atoms with Gasteiger partial charge in [0.15, 0.2) is 0 Å². The molecule has 2 heterocycles. The van der Waals surface area contributed by atoms with E-state index in [1.165, 1.54) is 6.08 Å². The number of aromatic nitrogens is 2. The second-order valence-corrected chi connectivity index (χ2v) is 6.61. The maximum atomic E-state index is 12.4. The zero-order valence-electron chi connectivity index (χ0n) is 13.6. The maximum absolute atomic E-state index is 12.4. The fraction of sp³-hybridized carbons (Fsp3) is 0.167. The first kappa shape index (κ1) is 17.4. The SMILES string of the molecule is CCN(Cc1nc(-c2cccs2)no1)C(=O)/C=C/c1ccc(Cl)cc1. The van der Waals surface area contributed by atoms with E-state index in [1.807, 2.05) is 36.6 Å². The van der Waals surface area contributed by atoms with Gasteiger partial charge in [-0.05, 0) is 42.1 Å². The summed E-state index contributed by atoms with van der Waals surface area (Å²) in [5, 5.41) is 6.58. The number of carbonyl (C=O) groups excluding carboxylic acids is 1. The van der Waals surface area contributed by atoms with Gasteiger partial charge in [0.2, 0.25) is 17.6 Å². The lowest BCUT2D eigenvalue weighted by Gasteiger charge is -2.16. The Labute approximate surface area is 154 Å². The van der Waals surface area contributed by atoms with Crippen molar-refractivity contribution in [2.24, 2.45) is 0 Å². The quantitative estimate of drug-likeness (QED) is 0.596. The zero-order valence-corrected chi connectivity index (χ0v) is 15.1. The van der Waals surface area contributed by atoms with Crippen molar-refractivity contribution in [3.63, 3.8) is 0 Å². The van der Waals surface area contributed by atoms with E-state index in [0.717, 1.165) is 10.4 Å². The van der Waals surface area contributed by atoms with E-state index in [4.69, 9.17) is 16.1 Å². The standard InChI is InChI=1S/C18H16ClN3O2S/c1-2-22(17(23)10-7-13-5-8-14(19)9-6-13)12-16-20-18(21-24-16)15-4-3-11-25-15/h3-11H,2,12H2,1H3/b10-7+. The lowest BCUT2D eigenvalue weighted by atomic mass is 10.2. The first-order valence-electron chi connectivity index (χ1n) is 7.74. The van der Waals surface area contributed by atoms with Gasteiger partial charge in [-0.1, -0.05) is 35.0 Å². The van der Waals surface area contributed by atoms with Crippen molar-refractivity contribution in [2.75, 3.05) is 6.54 Å². The number of nitrogens with zero attached hydrogens (tertiary/aromatic N) is 3. The van der Waals surface area contributed by atoms with Gasteiger partial charge in [0.05, 0.1) is 4.88 Å². The van der Waals surface area contributed by atoms with Gasteiger partial charge < -0.3 is 9.42 Å². The highest BCUT2D eigenvalue weighted by atomic mass is 35.5. The number of thiophene rings is 1. The van der Waals surface area contributed by atoms with Crippen LogP contribution in [0.4, 0.5) is 0 Å². The van der Waals surface area contributed by atoms with Gasteiger partial charge in [-0.15, -0.1) is 11.3 Å². The molecule has 0 atom stereocenters. The Bertz CT molecular complexity index is 857. The molecule has 0 aliphatic carbocycles. The number of likely N-dealkylation sites (N-methyl/N-ethyl adjacent to an activating group) is 1. The van der Waals surface area contributed by atoms with Crippen molar-refractivity contribution < 1.29 is 9.32 Å². The number of halogens is 1. The van der Waals surface area contributed by atoms with E-state index in [0.29, 0.717) is 23.3 Å². The number of amides is 1. The predicted molar refractivity (Wildman–Crippen MR) is 99.2 cm³/mol. The lowest BCUT2D eigenvalue weighted by Crippen LogP contribution is -2.28. The average Bonchev–Trinajstić information content (AvgIpc) is 3.30. The molecule has 0 unspecified atom stereocenters. The number of benzene rings is 1. The number of hydrogen-bond acceptors (Lipinski definition) is 5. The van der Waals surface area contributed by atoms with E-state index in [9.17, 15) is 4.79 Å². The van der Waals surface area contributed by atoms with Crippen LogP contribution in [0.1, 0.15) is 18.4 Å². The molecule has 7 heteroatoms. The van der Waals surface area contributed by atoms with Crippen LogP contribution in [-0.4, -0.2) is 27.5 Å². The Hall–Kier alpha value is -2.44. The van der Waals surface area contributed by atoms with Gasteiger partial charge in [0, 0.05) is 17.6 Å². The summed E-state index contributed by atoms with van der Waals surface area (Å²) in [5.41, 5.74) is 0.909. The van der Waals surface area contributed by atoms with Crippen LogP contribution in [-0.2, 0) is 11.3 Å². The van der Waals surface area contributed by atoms with Crippen molar-refractivity contribution >= 4 is 34.9 Å². The average molecular weight is 374 g/mol. The molecular formula is C18H16ClN3O2S. The van der Waals surface area contributed by atoms with E-state index < -0.39 is 0 Å². The summed E-state index contributed by atoms with van der Waals surface area (Å²) in [6.45, 7) is 2.73. The summed E-state index contributed by atoms with van der Waals surface area (Å²) in [4.78, 5) is 19.3. The van der Waals surface area contributed by atoms with E-state index in [2.05, 4.69) is 10.1 Å². The zero-order chi connectivity index (χ0) is 17.6. The first-order valence-corrected chi connectivity index (χ1v) is 9.00. The normalized spacial score (nSPS) is 11.1. The molecule has 1 amide bonds. The van der Waals surface area contributed by atoms with Gasteiger partial charge in [0.1, 0.15) is 6.54 Å².